The van der Waals surface area contributed by atoms with E-state index in [0.29, 0.717) is 5.82 Å². The third-order valence-corrected chi connectivity index (χ3v) is 4.21. The predicted molar refractivity (Wildman–Crippen MR) is 71.5 cm³/mol. The summed E-state index contributed by atoms with van der Waals surface area (Å²) in [6.45, 7) is 0. The van der Waals surface area contributed by atoms with Crippen LogP contribution in [-0.2, 0) is 0 Å². The van der Waals surface area contributed by atoms with Crippen molar-refractivity contribution in [3.05, 3.63) is 34.2 Å². The molecular weight excluding hydrogens is 286 g/mol. The van der Waals surface area contributed by atoms with E-state index in [9.17, 15) is 0 Å². The van der Waals surface area contributed by atoms with Crippen LogP contribution in [0.25, 0.3) is 21.5 Å². The molecule has 0 saturated carbocycles. The van der Waals surface area contributed by atoms with Gasteiger partial charge in [-0.15, -0.1) is 11.3 Å². The number of rotatable bonds is 1. The third-order valence-electron chi connectivity index (χ3n) is 2.43. The van der Waals surface area contributed by atoms with Crippen LogP contribution in [0, 0.1) is 0 Å². The minimum atomic E-state index is 0.547. The van der Waals surface area contributed by atoms with Crippen molar-refractivity contribution < 1.29 is 0 Å². The highest BCUT2D eigenvalue weighted by molar-refractivity contribution is 9.11. The van der Waals surface area contributed by atoms with Crippen LogP contribution in [0.5, 0.6) is 0 Å². The minimum Gasteiger partial charge on any atom is -0.382 e. The summed E-state index contributed by atoms with van der Waals surface area (Å²) in [5.74, 6) is 0.547. The second-order valence-electron chi connectivity index (χ2n) is 3.43. The Kier molecular flexibility index (Phi) is 2.22. The van der Waals surface area contributed by atoms with Gasteiger partial charge in [0.15, 0.2) is 0 Å². The number of nitrogens with one attached hydrogen (secondary N) is 1. The maximum atomic E-state index is 5.73. The summed E-state index contributed by atoms with van der Waals surface area (Å²) in [7, 11) is 0. The Bertz CT molecular complexity index is 637. The molecule has 0 saturated heterocycles. The molecule has 0 unspecified atom stereocenters. The van der Waals surface area contributed by atoms with Crippen LogP contribution in [-0.4, -0.2) is 9.97 Å². The van der Waals surface area contributed by atoms with E-state index >= 15 is 0 Å². The molecule has 3 nitrogen and oxygen atoms in total. The average molecular weight is 294 g/mol. The summed E-state index contributed by atoms with van der Waals surface area (Å²) >= 11 is 4.93. The molecule has 3 aromatic rings. The number of aromatic nitrogens is 2. The molecule has 0 amide bonds. The highest BCUT2D eigenvalue weighted by Crippen LogP contribution is 2.36. The van der Waals surface area contributed by atoms with Crippen molar-refractivity contribution in [2.24, 2.45) is 0 Å². The number of halogens is 1. The van der Waals surface area contributed by atoms with E-state index in [1.165, 1.54) is 5.39 Å². The van der Waals surface area contributed by atoms with Crippen molar-refractivity contribution in [3.8, 4) is 10.6 Å². The van der Waals surface area contributed by atoms with Gasteiger partial charge in [0.1, 0.15) is 14.6 Å². The lowest BCUT2D eigenvalue weighted by Gasteiger charge is -1.92. The number of hydrogen-bond acceptors (Lipinski definition) is 3. The molecule has 1 aromatic carbocycles. The predicted octanol–water partition coefficient (Wildman–Crippen LogP) is 3.64. The summed E-state index contributed by atoms with van der Waals surface area (Å²) in [5, 5.41) is 2.10. The fourth-order valence-corrected chi connectivity index (χ4v) is 2.97. The largest absolute Gasteiger partial charge is 0.382 e. The lowest BCUT2D eigenvalue weighted by Crippen LogP contribution is -1.84. The van der Waals surface area contributed by atoms with Gasteiger partial charge in [-0.2, -0.15) is 0 Å². The molecule has 5 heteroatoms. The number of hydrogen-bond donors (Lipinski definition) is 2. The van der Waals surface area contributed by atoms with Crippen LogP contribution in [0.2, 0.25) is 0 Å². The minimum absolute atomic E-state index is 0.547. The smallest absolute Gasteiger partial charge is 0.149 e. The molecular formula is C11H8BrN3S. The van der Waals surface area contributed by atoms with Crippen LogP contribution in [0.15, 0.2) is 34.2 Å². The van der Waals surface area contributed by atoms with Gasteiger partial charge in [-0.25, -0.2) is 4.98 Å². The van der Waals surface area contributed by atoms with Gasteiger partial charge in [0.25, 0.3) is 0 Å². The fraction of sp³-hybridized carbons (Fsp3) is 0. The van der Waals surface area contributed by atoms with Crippen molar-refractivity contribution >= 4 is 44.0 Å². The van der Waals surface area contributed by atoms with Crippen molar-refractivity contribution in [1.29, 1.82) is 0 Å². The number of nitrogen functional groups attached to an aromatic ring is 1. The monoisotopic (exact) mass is 293 g/mol. The zero-order valence-corrected chi connectivity index (χ0v) is 10.6. The summed E-state index contributed by atoms with van der Waals surface area (Å²) < 4.78 is 0.882. The summed E-state index contributed by atoms with van der Waals surface area (Å²) in [5.41, 5.74) is 7.94. The first-order valence-corrected chi connectivity index (χ1v) is 6.35. The molecule has 0 bridgehead atoms. The highest BCUT2D eigenvalue weighted by Gasteiger charge is 2.11. The van der Waals surface area contributed by atoms with E-state index in [0.717, 1.165) is 19.9 Å². The van der Waals surface area contributed by atoms with E-state index in [4.69, 9.17) is 5.73 Å². The van der Waals surface area contributed by atoms with E-state index < -0.39 is 0 Å². The van der Waals surface area contributed by atoms with Crippen molar-refractivity contribution in [3.63, 3.8) is 0 Å². The maximum Gasteiger partial charge on any atom is 0.149 e. The number of H-pyrrole nitrogens is 1. The summed E-state index contributed by atoms with van der Waals surface area (Å²) in [4.78, 5) is 7.56. The first-order valence-electron chi connectivity index (χ1n) is 4.74. The second-order valence-corrected chi connectivity index (χ2v) is 5.74. The fourth-order valence-electron chi connectivity index (χ4n) is 1.68. The van der Waals surface area contributed by atoms with E-state index in [1.807, 2.05) is 24.4 Å². The van der Waals surface area contributed by atoms with E-state index in [1.54, 1.807) is 11.3 Å². The lowest BCUT2D eigenvalue weighted by atomic mass is 10.2. The number of nitrogens with two attached hydrogens (primary N) is 1. The zero-order valence-electron chi connectivity index (χ0n) is 8.20. The molecule has 0 radical (unpaired) electrons. The third kappa shape index (κ3) is 1.44. The van der Waals surface area contributed by atoms with Gasteiger partial charge >= 0.3 is 0 Å². The van der Waals surface area contributed by atoms with Gasteiger partial charge in [-0.05, 0) is 22.0 Å². The van der Waals surface area contributed by atoms with Crippen LogP contribution in [0.1, 0.15) is 0 Å². The van der Waals surface area contributed by atoms with Gasteiger partial charge in [-0.1, -0.05) is 18.2 Å². The van der Waals surface area contributed by atoms with Crippen LogP contribution < -0.4 is 5.73 Å². The highest BCUT2D eigenvalue weighted by atomic mass is 79.9. The molecule has 3 rings (SSSR count). The lowest BCUT2D eigenvalue weighted by molar-refractivity contribution is 1.40. The van der Waals surface area contributed by atoms with Crippen LogP contribution in [0.4, 0.5) is 5.82 Å². The molecule has 16 heavy (non-hydrogen) atoms. The second kappa shape index (κ2) is 3.61. The summed E-state index contributed by atoms with van der Waals surface area (Å²) in [6.07, 6.45) is 1.97. The number of aromatic amines is 1. The molecule has 2 heterocycles. The number of para-hydroxylation sites is 1. The molecule has 0 aliphatic carbocycles. The maximum absolute atomic E-state index is 5.73. The van der Waals surface area contributed by atoms with E-state index in [-0.39, 0.29) is 0 Å². The first kappa shape index (κ1) is 9.86. The molecule has 0 atom stereocenters. The number of thiazole rings is 1. The Morgan fingerprint density at radius 2 is 2.12 bits per heavy atom. The first-order chi connectivity index (χ1) is 7.75. The van der Waals surface area contributed by atoms with Gasteiger partial charge in [0.05, 0.1) is 0 Å². The number of benzene rings is 1. The molecule has 3 N–H and O–H groups in total. The standard InChI is InChI=1S/C11H8BrN3S/c12-9-10(13)15-11(16-9)7-5-14-8-4-2-1-3-6(7)8/h1-5,14H,13H2. The van der Waals surface area contributed by atoms with Crippen molar-refractivity contribution in [1.82, 2.24) is 9.97 Å². The number of fused-ring (bicyclic) bond motifs is 1. The molecule has 80 valence electrons. The molecule has 0 spiro atoms. The van der Waals surface area contributed by atoms with Crippen LogP contribution in [0.3, 0.4) is 0 Å². The Labute approximate surface area is 104 Å². The molecule has 0 aliphatic heterocycles. The van der Waals surface area contributed by atoms with Gasteiger partial charge in [0, 0.05) is 22.7 Å². The van der Waals surface area contributed by atoms with E-state index in [2.05, 4.69) is 32.0 Å². The quantitative estimate of drug-likeness (QED) is 0.720. The molecule has 0 fully saturated rings. The van der Waals surface area contributed by atoms with Crippen LogP contribution >= 0.6 is 27.3 Å². The Hall–Kier alpha value is -1.33. The number of anilines is 1. The Balaban J connectivity index is 2.26. The van der Waals surface area contributed by atoms with Gasteiger partial charge < -0.3 is 10.7 Å². The Morgan fingerprint density at radius 1 is 1.31 bits per heavy atom. The molecule has 0 aliphatic rings. The Morgan fingerprint density at radius 3 is 2.88 bits per heavy atom. The topological polar surface area (TPSA) is 54.7 Å². The summed E-state index contributed by atoms with van der Waals surface area (Å²) in [6, 6.07) is 8.15. The normalized spacial score (nSPS) is 11.1. The van der Waals surface area contributed by atoms with Gasteiger partial charge in [0.2, 0.25) is 0 Å². The average Bonchev–Trinajstić information content (AvgIpc) is 2.83. The zero-order chi connectivity index (χ0) is 11.1. The van der Waals surface area contributed by atoms with Crippen molar-refractivity contribution in [2.45, 2.75) is 0 Å². The number of nitrogens with zero attached hydrogens (tertiary/aromatic N) is 1. The molecule has 2 aromatic heterocycles. The van der Waals surface area contributed by atoms with Crippen molar-refractivity contribution in [2.75, 3.05) is 5.73 Å². The van der Waals surface area contributed by atoms with Gasteiger partial charge in [-0.3, -0.25) is 0 Å². The SMILES string of the molecule is Nc1nc(-c2c[nH]c3ccccc23)sc1Br.